The maximum atomic E-state index is 5.72. The summed E-state index contributed by atoms with van der Waals surface area (Å²) in [6, 6.07) is 0.415. The van der Waals surface area contributed by atoms with Crippen LogP contribution in [0, 0.1) is 0 Å². The first-order valence-electron chi connectivity index (χ1n) is 6.38. The molecule has 0 saturated carbocycles. The summed E-state index contributed by atoms with van der Waals surface area (Å²) < 4.78 is 8.11. The van der Waals surface area contributed by atoms with Crippen LogP contribution in [0.1, 0.15) is 13.0 Å². The van der Waals surface area contributed by atoms with Crippen LogP contribution >= 0.6 is 15.9 Å². The number of hydrogen-bond donors (Lipinski definition) is 1. The van der Waals surface area contributed by atoms with Crippen molar-refractivity contribution in [3.05, 3.63) is 23.2 Å². The Hall–Kier alpha value is -1.67. The molecule has 0 radical (unpaired) electrons. The monoisotopic (exact) mass is 338 g/mol. The van der Waals surface area contributed by atoms with E-state index >= 15 is 0 Å². The molecule has 106 valence electrons. The van der Waals surface area contributed by atoms with Gasteiger partial charge in [-0.05, 0) is 22.5 Å². The van der Waals surface area contributed by atoms with Crippen LogP contribution in [0.25, 0.3) is 0 Å². The maximum absolute atomic E-state index is 5.72. The molecule has 8 heteroatoms. The smallest absolute Gasteiger partial charge is 0.263 e. The molecule has 0 bridgehead atoms. The Morgan fingerprint density at radius 1 is 1.45 bits per heavy atom. The fraction of sp³-hybridized carbons (Fsp3) is 0.417. The van der Waals surface area contributed by atoms with Crippen molar-refractivity contribution < 1.29 is 4.74 Å². The highest BCUT2D eigenvalue weighted by atomic mass is 79.9. The Bertz CT molecular complexity index is 610. The summed E-state index contributed by atoms with van der Waals surface area (Å²) in [7, 11) is 0. The minimum Gasteiger partial charge on any atom is -0.433 e. The quantitative estimate of drug-likeness (QED) is 0.913. The predicted molar refractivity (Wildman–Crippen MR) is 77.6 cm³/mol. The number of nitrogen functional groups attached to an aromatic ring is 1. The summed E-state index contributed by atoms with van der Waals surface area (Å²) in [5.74, 6) is 1.14. The van der Waals surface area contributed by atoms with E-state index in [9.17, 15) is 0 Å². The minimum absolute atomic E-state index is 0.252. The van der Waals surface area contributed by atoms with Crippen molar-refractivity contribution in [2.75, 3.05) is 25.4 Å². The molecule has 3 heterocycles. The van der Waals surface area contributed by atoms with Gasteiger partial charge in [-0.25, -0.2) is 9.97 Å². The Balaban J connectivity index is 1.70. The summed E-state index contributed by atoms with van der Waals surface area (Å²) in [6.07, 6.45) is 5.05. The van der Waals surface area contributed by atoms with Gasteiger partial charge in [0, 0.05) is 13.1 Å². The molecule has 20 heavy (non-hydrogen) atoms. The zero-order valence-corrected chi connectivity index (χ0v) is 12.6. The first-order valence-corrected chi connectivity index (χ1v) is 7.17. The van der Waals surface area contributed by atoms with Crippen molar-refractivity contribution in [2.45, 2.75) is 13.0 Å². The average Bonchev–Trinajstić information content (AvgIpc) is 2.81. The van der Waals surface area contributed by atoms with Gasteiger partial charge in [-0.1, -0.05) is 6.92 Å². The van der Waals surface area contributed by atoms with Gasteiger partial charge in [0.2, 0.25) is 0 Å². The highest BCUT2D eigenvalue weighted by Gasteiger charge is 2.27. The average molecular weight is 339 g/mol. The molecule has 0 atom stereocenters. The fourth-order valence-corrected chi connectivity index (χ4v) is 2.35. The molecule has 0 aliphatic carbocycles. The molecule has 0 unspecified atom stereocenters. The highest BCUT2D eigenvalue weighted by molar-refractivity contribution is 9.10. The van der Waals surface area contributed by atoms with Crippen molar-refractivity contribution in [1.29, 1.82) is 0 Å². The SMILES string of the molecule is CCN1CC(n2cc(Oc3nc(Br)cnc3N)cn2)C1. The molecule has 0 amide bonds. The van der Waals surface area contributed by atoms with Crippen LogP contribution in [0.4, 0.5) is 5.82 Å². The molecular formula is C12H15BrN6O. The van der Waals surface area contributed by atoms with Crippen LogP contribution in [-0.4, -0.2) is 44.3 Å². The van der Waals surface area contributed by atoms with Gasteiger partial charge in [0.1, 0.15) is 4.60 Å². The molecule has 2 aromatic rings. The van der Waals surface area contributed by atoms with Crippen molar-refractivity contribution in [1.82, 2.24) is 24.6 Å². The number of halogens is 1. The molecule has 1 fully saturated rings. The van der Waals surface area contributed by atoms with E-state index in [0.29, 0.717) is 16.4 Å². The first-order chi connectivity index (χ1) is 9.65. The zero-order chi connectivity index (χ0) is 14.1. The van der Waals surface area contributed by atoms with Gasteiger partial charge >= 0.3 is 0 Å². The lowest BCUT2D eigenvalue weighted by Crippen LogP contribution is -2.47. The summed E-state index contributed by atoms with van der Waals surface area (Å²) >= 11 is 3.24. The van der Waals surface area contributed by atoms with Crippen LogP contribution in [0.15, 0.2) is 23.2 Å². The topological polar surface area (TPSA) is 82.1 Å². The number of rotatable bonds is 4. The summed E-state index contributed by atoms with van der Waals surface area (Å²) in [5, 5.41) is 4.32. The van der Waals surface area contributed by atoms with E-state index < -0.39 is 0 Å². The van der Waals surface area contributed by atoms with Gasteiger partial charge < -0.3 is 10.5 Å². The third-order valence-electron chi connectivity index (χ3n) is 3.29. The van der Waals surface area contributed by atoms with Crippen LogP contribution in [0.2, 0.25) is 0 Å². The number of ether oxygens (including phenoxy) is 1. The lowest BCUT2D eigenvalue weighted by Gasteiger charge is -2.38. The third-order valence-corrected chi connectivity index (χ3v) is 3.67. The zero-order valence-electron chi connectivity index (χ0n) is 11.0. The van der Waals surface area contributed by atoms with Crippen LogP contribution in [-0.2, 0) is 0 Å². The summed E-state index contributed by atoms with van der Waals surface area (Å²) in [5.41, 5.74) is 5.72. The van der Waals surface area contributed by atoms with Crippen molar-refractivity contribution >= 4 is 21.7 Å². The van der Waals surface area contributed by atoms with Gasteiger partial charge in [-0.3, -0.25) is 9.58 Å². The first kappa shape index (κ1) is 13.3. The fourth-order valence-electron chi connectivity index (χ4n) is 2.09. The van der Waals surface area contributed by atoms with E-state index in [1.54, 1.807) is 6.20 Å². The molecule has 0 spiro atoms. The summed E-state index contributed by atoms with van der Waals surface area (Å²) in [4.78, 5) is 10.5. The molecule has 1 aliphatic heterocycles. The minimum atomic E-state index is 0.252. The van der Waals surface area contributed by atoms with Gasteiger partial charge in [0.05, 0.1) is 24.6 Å². The van der Waals surface area contributed by atoms with Crippen molar-refractivity contribution in [2.24, 2.45) is 0 Å². The standard InChI is InChI=1S/C12H15BrN6O/c1-2-18-5-8(6-18)19-7-9(3-16-19)20-12-11(14)15-4-10(13)17-12/h3-4,7-8H,2,5-6H2,1H3,(H2,14,15). The van der Waals surface area contributed by atoms with E-state index in [2.05, 4.69) is 42.8 Å². The van der Waals surface area contributed by atoms with E-state index in [4.69, 9.17) is 10.5 Å². The number of hydrogen-bond acceptors (Lipinski definition) is 6. The van der Waals surface area contributed by atoms with E-state index in [0.717, 1.165) is 19.6 Å². The summed E-state index contributed by atoms with van der Waals surface area (Å²) in [6.45, 7) is 5.28. The molecule has 3 rings (SSSR count). The third kappa shape index (κ3) is 2.61. The van der Waals surface area contributed by atoms with Gasteiger partial charge in [0.25, 0.3) is 5.88 Å². The largest absolute Gasteiger partial charge is 0.433 e. The van der Waals surface area contributed by atoms with E-state index in [1.165, 1.54) is 6.20 Å². The van der Waals surface area contributed by atoms with Crippen LogP contribution in [0.3, 0.4) is 0 Å². The van der Waals surface area contributed by atoms with Gasteiger partial charge in [0.15, 0.2) is 11.6 Å². The highest BCUT2D eigenvalue weighted by Crippen LogP contribution is 2.27. The predicted octanol–water partition coefficient (Wildman–Crippen LogP) is 1.69. The lowest BCUT2D eigenvalue weighted by molar-refractivity contribution is 0.105. The second-order valence-electron chi connectivity index (χ2n) is 4.65. The van der Waals surface area contributed by atoms with Crippen LogP contribution in [0.5, 0.6) is 11.6 Å². The normalized spacial score (nSPS) is 16.1. The Kier molecular flexibility index (Phi) is 3.58. The molecule has 1 aliphatic rings. The van der Waals surface area contributed by atoms with Crippen molar-refractivity contribution in [3.63, 3.8) is 0 Å². The number of likely N-dealkylation sites (tertiary alicyclic amines) is 1. The molecule has 7 nitrogen and oxygen atoms in total. The van der Waals surface area contributed by atoms with Gasteiger partial charge in [-0.2, -0.15) is 5.10 Å². The Labute approximate surface area is 124 Å². The number of aromatic nitrogens is 4. The van der Waals surface area contributed by atoms with Crippen LogP contribution < -0.4 is 10.5 Å². The Morgan fingerprint density at radius 2 is 2.25 bits per heavy atom. The number of likely N-dealkylation sites (N-methyl/N-ethyl adjacent to an activating group) is 1. The molecule has 1 saturated heterocycles. The van der Waals surface area contributed by atoms with Crippen molar-refractivity contribution in [3.8, 4) is 11.6 Å². The second-order valence-corrected chi connectivity index (χ2v) is 5.46. The molecule has 2 N–H and O–H groups in total. The second kappa shape index (κ2) is 5.37. The number of nitrogens with zero attached hydrogens (tertiary/aromatic N) is 5. The number of anilines is 1. The lowest BCUT2D eigenvalue weighted by atomic mass is 10.1. The van der Waals surface area contributed by atoms with Gasteiger partial charge in [-0.15, -0.1) is 0 Å². The number of nitrogens with two attached hydrogens (primary N) is 1. The molecule has 2 aromatic heterocycles. The van der Waals surface area contributed by atoms with E-state index in [1.807, 2.05) is 10.9 Å². The maximum Gasteiger partial charge on any atom is 0.263 e. The Morgan fingerprint density at radius 3 is 3.00 bits per heavy atom. The molecule has 0 aromatic carbocycles. The van der Waals surface area contributed by atoms with E-state index in [-0.39, 0.29) is 11.7 Å². The molecular weight excluding hydrogens is 324 g/mol.